The maximum Gasteiger partial charge on any atom is 0.244 e. The smallest absolute Gasteiger partial charge is 0.244 e. The van der Waals surface area contributed by atoms with Gasteiger partial charge in [0.15, 0.2) is 0 Å². The maximum absolute atomic E-state index is 12.0. The standard InChI is InChI=1S/C21H22N4O2/c26-20(11-10-16-6-5-15-27-16)23-13-14-25-19-9-2-1-7-17(19)21(24-25)18-8-3-4-12-22-18/h3-6,8,10-12,15H,1-2,7,9,13-14H2,(H,23,26)/b11-10+. The minimum Gasteiger partial charge on any atom is -0.465 e. The third-order valence-electron chi connectivity index (χ3n) is 4.73. The zero-order valence-corrected chi connectivity index (χ0v) is 15.1. The molecule has 0 fully saturated rings. The van der Waals surface area contributed by atoms with Crippen molar-refractivity contribution in [2.75, 3.05) is 6.54 Å². The van der Waals surface area contributed by atoms with Gasteiger partial charge < -0.3 is 9.73 Å². The van der Waals surface area contributed by atoms with Gasteiger partial charge in [-0.1, -0.05) is 6.07 Å². The summed E-state index contributed by atoms with van der Waals surface area (Å²) >= 11 is 0. The minimum atomic E-state index is -0.141. The highest BCUT2D eigenvalue weighted by Crippen LogP contribution is 2.30. The Kier molecular flexibility index (Phi) is 5.14. The Labute approximate surface area is 157 Å². The van der Waals surface area contributed by atoms with Crippen molar-refractivity contribution in [3.63, 3.8) is 0 Å². The average molecular weight is 362 g/mol. The van der Waals surface area contributed by atoms with Crippen LogP contribution in [0.5, 0.6) is 0 Å². The summed E-state index contributed by atoms with van der Waals surface area (Å²) in [6.07, 6.45) is 11.0. The lowest BCUT2D eigenvalue weighted by atomic mass is 9.95. The molecule has 0 bridgehead atoms. The monoisotopic (exact) mass is 362 g/mol. The quantitative estimate of drug-likeness (QED) is 0.683. The second-order valence-electron chi connectivity index (χ2n) is 6.56. The molecule has 0 spiro atoms. The minimum absolute atomic E-state index is 0.141. The Balaban J connectivity index is 1.43. The third kappa shape index (κ3) is 4.00. The fourth-order valence-electron chi connectivity index (χ4n) is 3.45. The number of rotatable bonds is 6. The molecule has 138 valence electrons. The molecule has 1 amide bonds. The highest BCUT2D eigenvalue weighted by Gasteiger charge is 2.22. The molecule has 0 aliphatic heterocycles. The van der Waals surface area contributed by atoms with Crippen molar-refractivity contribution in [1.29, 1.82) is 0 Å². The predicted molar refractivity (Wildman–Crippen MR) is 103 cm³/mol. The van der Waals surface area contributed by atoms with Gasteiger partial charge in [-0.2, -0.15) is 5.10 Å². The Morgan fingerprint density at radius 3 is 2.96 bits per heavy atom. The van der Waals surface area contributed by atoms with E-state index in [1.54, 1.807) is 30.7 Å². The SMILES string of the molecule is O=C(/C=C/c1ccco1)NCCn1nc(-c2ccccn2)c2c1CCCC2. The fraction of sp³-hybridized carbons (Fsp3) is 0.286. The number of hydrogen-bond donors (Lipinski definition) is 1. The van der Waals surface area contributed by atoms with E-state index >= 15 is 0 Å². The number of carbonyl (C=O) groups is 1. The lowest BCUT2D eigenvalue weighted by Crippen LogP contribution is -2.26. The van der Waals surface area contributed by atoms with Crippen molar-refractivity contribution in [2.45, 2.75) is 32.2 Å². The number of nitrogens with one attached hydrogen (secondary N) is 1. The Morgan fingerprint density at radius 2 is 2.15 bits per heavy atom. The normalized spacial score (nSPS) is 13.6. The molecule has 4 rings (SSSR count). The number of aromatic nitrogens is 3. The largest absolute Gasteiger partial charge is 0.465 e. The molecule has 3 heterocycles. The molecule has 1 N–H and O–H groups in total. The topological polar surface area (TPSA) is 73.0 Å². The zero-order valence-electron chi connectivity index (χ0n) is 15.1. The second kappa shape index (κ2) is 8.03. The van der Waals surface area contributed by atoms with Crippen LogP contribution >= 0.6 is 0 Å². The molecule has 0 unspecified atom stereocenters. The van der Waals surface area contributed by atoms with Crippen LogP contribution in [0.3, 0.4) is 0 Å². The van der Waals surface area contributed by atoms with Crippen molar-refractivity contribution < 1.29 is 9.21 Å². The van der Waals surface area contributed by atoms with E-state index in [-0.39, 0.29) is 5.91 Å². The molecule has 1 aliphatic rings. The van der Waals surface area contributed by atoms with E-state index in [0.717, 1.165) is 24.2 Å². The summed E-state index contributed by atoms with van der Waals surface area (Å²) in [6.45, 7) is 1.17. The van der Waals surface area contributed by atoms with Gasteiger partial charge in [0.25, 0.3) is 0 Å². The predicted octanol–water partition coefficient (Wildman–Crippen LogP) is 3.25. The van der Waals surface area contributed by atoms with E-state index in [1.807, 2.05) is 22.9 Å². The van der Waals surface area contributed by atoms with Gasteiger partial charge in [0, 0.05) is 30.1 Å². The molecular formula is C21H22N4O2. The van der Waals surface area contributed by atoms with Gasteiger partial charge >= 0.3 is 0 Å². The molecule has 3 aromatic heterocycles. The van der Waals surface area contributed by atoms with Crippen LogP contribution in [0.25, 0.3) is 17.5 Å². The van der Waals surface area contributed by atoms with E-state index in [0.29, 0.717) is 18.8 Å². The number of fused-ring (bicyclic) bond motifs is 1. The van der Waals surface area contributed by atoms with Gasteiger partial charge in [-0.25, -0.2) is 0 Å². The highest BCUT2D eigenvalue weighted by atomic mass is 16.3. The molecule has 6 nitrogen and oxygen atoms in total. The number of nitrogens with zero attached hydrogens (tertiary/aromatic N) is 3. The first-order valence-corrected chi connectivity index (χ1v) is 9.30. The van der Waals surface area contributed by atoms with E-state index < -0.39 is 0 Å². The van der Waals surface area contributed by atoms with Crippen LogP contribution in [0.1, 0.15) is 29.9 Å². The Bertz CT molecular complexity index is 927. The summed E-state index contributed by atoms with van der Waals surface area (Å²) in [5.74, 6) is 0.517. The van der Waals surface area contributed by atoms with Gasteiger partial charge in [-0.05, 0) is 56.0 Å². The van der Waals surface area contributed by atoms with Gasteiger partial charge in [-0.3, -0.25) is 14.5 Å². The number of hydrogen-bond acceptors (Lipinski definition) is 4. The van der Waals surface area contributed by atoms with E-state index in [1.165, 1.54) is 30.2 Å². The van der Waals surface area contributed by atoms with Crippen LogP contribution in [0, 0.1) is 0 Å². The van der Waals surface area contributed by atoms with Gasteiger partial charge in [0.2, 0.25) is 5.91 Å². The zero-order chi connectivity index (χ0) is 18.5. The lowest BCUT2D eigenvalue weighted by Gasteiger charge is -2.14. The summed E-state index contributed by atoms with van der Waals surface area (Å²) in [5.41, 5.74) is 4.49. The number of pyridine rings is 1. The van der Waals surface area contributed by atoms with Gasteiger partial charge in [0.1, 0.15) is 11.5 Å². The Morgan fingerprint density at radius 1 is 1.22 bits per heavy atom. The molecule has 0 atom stereocenters. The van der Waals surface area contributed by atoms with Crippen molar-refractivity contribution in [2.24, 2.45) is 0 Å². The molecule has 0 aromatic carbocycles. The summed E-state index contributed by atoms with van der Waals surface area (Å²) in [7, 11) is 0. The van der Waals surface area contributed by atoms with Crippen LogP contribution in [0.15, 0.2) is 53.3 Å². The van der Waals surface area contributed by atoms with Gasteiger partial charge in [-0.15, -0.1) is 0 Å². The van der Waals surface area contributed by atoms with Crippen LogP contribution in [0.4, 0.5) is 0 Å². The third-order valence-corrected chi connectivity index (χ3v) is 4.73. The lowest BCUT2D eigenvalue weighted by molar-refractivity contribution is -0.116. The summed E-state index contributed by atoms with van der Waals surface area (Å²) in [5, 5.41) is 7.72. The van der Waals surface area contributed by atoms with E-state index in [9.17, 15) is 4.79 Å². The Hall–Kier alpha value is -3.15. The molecule has 27 heavy (non-hydrogen) atoms. The first-order chi connectivity index (χ1) is 13.3. The molecule has 0 saturated carbocycles. The number of furan rings is 1. The summed E-state index contributed by atoms with van der Waals surface area (Å²) in [4.78, 5) is 16.4. The van der Waals surface area contributed by atoms with E-state index in [4.69, 9.17) is 9.52 Å². The van der Waals surface area contributed by atoms with Crippen molar-refractivity contribution in [3.8, 4) is 11.4 Å². The van der Waals surface area contributed by atoms with Crippen molar-refractivity contribution in [1.82, 2.24) is 20.1 Å². The molecule has 3 aromatic rings. The number of amides is 1. The first-order valence-electron chi connectivity index (χ1n) is 9.30. The highest BCUT2D eigenvalue weighted by molar-refractivity contribution is 5.91. The van der Waals surface area contributed by atoms with Gasteiger partial charge in [0.05, 0.1) is 18.5 Å². The molecule has 6 heteroatoms. The molecule has 0 radical (unpaired) electrons. The van der Waals surface area contributed by atoms with Crippen LogP contribution in [-0.4, -0.2) is 27.2 Å². The molecular weight excluding hydrogens is 340 g/mol. The molecule has 1 aliphatic carbocycles. The molecule has 0 saturated heterocycles. The maximum atomic E-state index is 12.0. The van der Waals surface area contributed by atoms with Crippen LogP contribution in [-0.2, 0) is 24.2 Å². The second-order valence-corrected chi connectivity index (χ2v) is 6.56. The van der Waals surface area contributed by atoms with Crippen LogP contribution in [0.2, 0.25) is 0 Å². The van der Waals surface area contributed by atoms with Crippen LogP contribution < -0.4 is 5.32 Å². The first kappa shape index (κ1) is 17.3. The summed E-state index contributed by atoms with van der Waals surface area (Å²) < 4.78 is 7.21. The number of carbonyl (C=O) groups excluding carboxylic acids is 1. The van der Waals surface area contributed by atoms with Crippen molar-refractivity contribution in [3.05, 3.63) is 65.9 Å². The van der Waals surface area contributed by atoms with E-state index in [2.05, 4.69) is 10.3 Å². The summed E-state index contributed by atoms with van der Waals surface area (Å²) in [6, 6.07) is 9.50. The fourth-order valence-corrected chi connectivity index (χ4v) is 3.45. The van der Waals surface area contributed by atoms with Crippen molar-refractivity contribution >= 4 is 12.0 Å². The average Bonchev–Trinajstić information content (AvgIpc) is 3.35.